The predicted molar refractivity (Wildman–Crippen MR) is 94.6 cm³/mol. The highest BCUT2D eigenvalue weighted by Crippen LogP contribution is 2.20. The Kier molecular flexibility index (Phi) is 5.92. The van der Waals surface area contributed by atoms with Crippen molar-refractivity contribution in [1.29, 1.82) is 0 Å². The van der Waals surface area contributed by atoms with Gasteiger partial charge in [-0.2, -0.15) is 0 Å². The van der Waals surface area contributed by atoms with Crippen LogP contribution in [-0.4, -0.2) is 34.8 Å². The van der Waals surface area contributed by atoms with Crippen LogP contribution in [0.1, 0.15) is 0 Å². The van der Waals surface area contributed by atoms with Crippen LogP contribution in [0.2, 0.25) is 0 Å². The summed E-state index contributed by atoms with van der Waals surface area (Å²) in [4.78, 5) is 9.77. The molecule has 0 spiro atoms. The monoisotopic (exact) mass is 400 g/mol. The molecule has 0 fully saturated rings. The molecule has 140 valence electrons. The molecule has 0 aliphatic rings. The molecule has 0 bridgehead atoms. The Morgan fingerprint density at radius 1 is 0.885 bits per heavy atom. The normalized spacial score (nSPS) is 11.9. The average molecular weight is 400 g/mol. The first-order valence-corrected chi connectivity index (χ1v) is 10.2. The molecule has 26 heavy (non-hydrogen) atoms. The van der Waals surface area contributed by atoms with Crippen LogP contribution in [-0.2, 0) is 20.0 Å². The van der Waals surface area contributed by atoms with E-state index in [1.54, 1.807) is 0 Å². The van der Waals surface area contributed by atoms with E-state index in [4.69, 9.17) is 5.73 Å². The first kappa shape index (κ1) is 19.8. The number of nitrogens with zero attached hydrogens (tertiary/aromatic N) is 1. The quantitative estimate of drug-likeness (QED) is 0.432. The lowest BCUT2D eigenvalue weighted by molar-refractivity contribution is -0.384. The molecule has 0 aliphatic carbocycles. The van der Waals surface area contributed by atoms with Gasteiger partial charge in [0.05, 0.1) is 14.7 Å². The Morgan fingerprint density at radius 2 is 1.38 bits per heavy atom. The number of non-ortho nitro benzene ring substituents is 1. The van der Waals surface area contributed by atoms with E-state index in [0.29, 0.717) is 0 Å². The van der Waals surface area contributed by atoms with Crippen molar-refractivity contribution in [3.63, 3.8) is 0 Å². The van der Waals surface area contributed by atoms with E-state index >= 15 is 0 Å². The van der Waals surface area contributed by atoms with Gasteiger partial charge in [0.2, 0.25) is 10.0 Å². The van der Waals surface area contributed by atoms with Crippen LogP contribution in [0, 0.1) is 10.1 Å². The molecule has 12 heteroatoms. The fraction of sp³-hybridized carbons (Fsp3) is 0.143. The minimum Gasteiger partial charge on any atom is -0.329 e. The van der Waals surface area contributed by atoms with Gasteiger partial charge < -0.3 is 5.73 Å². The zero-order chi connectivity index (χ0) is 19.4. The molecule has 2 aromatic carbocycles. The Morgan fingerprint density at radius 3 is 1.88 bits per heavy atom. The lowest BCUT2D eigenvalue weighted by atomic mass is 10.3. The fourth-order valence-electron chi connectivity index (χ4n) is 1.94. The third-order valence-electron chi connectivity index (χ3n) is 3.21. The van der Waals surface area contributed by atoms with Crippen LogP contribution in [0.15, 0.2) is 58.3 Å². The summed E-state index contributed by atoms with van der Waals surface area (Å²) in [6.45, 7) is 0.225. The van der Waals surface area contributed by atoms with Crippen LogP contribution in [0.4, 0.5) is 11.4 Å². The van der Waals surface area contributed by atoms with Crippen LogP contribution < -0.4 is 15.2 Å². The summed E-state index contributed by atoms with van der Waals surface area (Å²) < 4.78 is 53.0. The van der Waals surface area contributed by atoms with Gasteiger partial charge in [-0.3, -0.25) is 14.8 Å². The maximum absolute atomic E-state index is 12.3. The molecule has 0 radical (unpaired) electrons. The smallest absolute Gasteiger partial charge is 0.269 e. The van der Waals surface area contributed by atoms with Crippen molar-refractivity contribution in [2.24, 2.45) is 5.73 Å². The summed E-state index contributed by atoms with van der Waals surface area (Å²) in [5.74, 6) is 0. The first-order chi connectivity index (χ1) is 12.2. The minimum absolute atomic E-state index is 0.0377. The molecule has 0 saturated heterocycles. The maximum atomic E-state index is 12.3. The highest BCUT2D eigenvalue weighted by Gasteiger charge is 2.17. The van der Waals surface area contributed by atoms with Crippen molar-refractivity contribution in [3.8, 4) is 0 Å². The fourth-order valence-corrected chi connectivity index (χ4v) is 4.05. The molecule has 10 nitrogen and oxygen atoms in total. The summed E-state index contributed by atoms with van der Waals surface area (Å²) in [5.41, 5.74) is 5.15. The molecule has 2 rings (SSSR count). The first-order valence-electron chi connectivity index (χ1n) is 7.23. The van der Waals surface area contributed by atoms with E-state index in [9.17, 15) is 26.9 Å². The summed E-state index contributed by atoms with van der Waals surface area (Å²) in [6, 6.07) is 9.44. The van der Waals surface area contributed by atoms with E-state index in [1.807, 2.05) is 0 Å². The number of sulfonamides is 2. The number of hydrogen-bond acceptors (Lipinski definition) is 7. The molecule has 2 aromatic rings. The highest BCUT2D eigenvalue weighted by molar-refractivity contribution is 7.92. The highest BCUT2D eigenvalue weighted by atomic mass is 32.2. The number of anilines is 1. The lowest BCUT2D eigenvalue weighted by Gasteiger charge is -2.09. The van der Waals surface area contributed by atoms with Crippen molar-refractivity contribution in [3.05, 3.63) is 58.6 Å². The lowest BCUT2D eigenvalue weighted by Crippen LogP contribution is -2.29. The number of rotatable bonds is 8. The minimum atomic E-state index is -3.97. The summed E-state index contributed by atoms with van der Waals surface area (Å²) in [7, 11) is -7.69. The topological polar surface area (TPSA) is 162 Å². The molecule has 4 N–H and O–H groups in total. The van der Waals surface area contributed by atoms with Gasteiger partial charge >= 0.3 is 0 Å². The second kappa shape index (κ2) is 7.78. The number of nitro benzene ring substituents is 1. The Bertz CT molecular complexity index is 987. The molecule has 0 unspecified atom stereocenters. The van der Waals surface area contributed by atoms with Crippen molar-refractivity contribution < 1.29 is 21.8 Å². The Hall–Kier alpha value is -2.54. The van der Waals surface area contributed by atoms with Crippen molar-refractivity contribution in [1.82, 2.24) is 4.72 Å². The maximum Gasteiger partial charge on any atom is 0.269 e. The van der Waals surface area contributed by atoms with Gasteiger partial charge in [0.15, 0.2) is 0 Å². The Labute approximate surface area is 150 Å². The largest absolute Gasteiger partial charge is 0.329 e. The van der Waals surface area contributed by atoms with Crippen LogP contribution in [0.5, 0.6) is 0 Å². The molecule has 0 heterocycles. The molecule has 0 amide bonds. The van der Waals surface area contributed by atoms with Gasteiger partial charge in [-0.1, -0.05) is 0 Å². The molecular weight excluding hydrogens is 384 g/mol. The van der Waals surface area contributed by atoms with E-state index in [-0.39, 0.29) is 34.3 Å². The second-order valence-electron chi connectivity index (χ2n) is 5.07. The van der Waals surface area contributed by atoms with Gasteiger partial charge in [-0.05, 0) is 36.4 Å². The van der Waals surface area contributed by atoms with Gasteiger partial charge in [0, 0.05) is 30.9 Å². The van der Waals surface area contributed by atoms with E-state index in [1.165, 1.54) is 24.3 Å². The predicted octanol–water partition coefficient (Wildman–Crippen LogP) is 0.633. The van der Waals surface area contributed by atoms with Crippen LogP contribution in [0.25, 0.3) is 0 Å². The SMILES string of the molecule is NCCNS(=O)(=O)c1ccc(NS(=O)(=O)c2ccc([N+](=O)[O-])cc2)cc1. The summed E-state index contributed by atoms with van der Waals surface area (Å²) in [5, 5.41) is 10.6. The number of benzene rings is 2. The number of nitrogens with one attached hydrogen (secondary N) is 2. The van der Waals surface area contributed by atoms with Gasteiger partial charge in [0.1, 0.15) is 0 Å². The number of nitrogens with two attached hydrogens (primary N) is 1. The number of nitro groups is 1. The van der Waals surface area contributed by atoms with Crippen LogP contribution >= 0.6 is 0 Å². The molecule has 0 atom stereocenters. The van der Waals surface area contributed by atoms with Crippen LogP contribution in [0.3, 0.4) is 0 Å². The standard InChI is InChI=1S/C14H16N4O6S2/c15-9-10-16-25(21,22)13-5-1-11(2-6-13)17-26(23,24)14-7-3-12(4-8-14)18(19)20/h1-8,16-17H,9-10,15H2. The van der Waals surface area contributed by atoms with E-state index in [2.05, 4.69) is 9.44 Å². The zero-order valence-electron chi connectivity index (χ0n) is 13.3. The molecule has 0 saturated carbocycles. The Balaban J connectivity index is 2.18. The third kappa shape index (κ3) is 4.76. The second-order valence-corrected chi connectivity index (χ2v) is 8.52. The number of hydrogen-bond donors (Lipinski definition) is 3. The van der Waals surface area contributed by atoms with Crippen molar-refractivity contribution in [2.75, 3.05) is 17.8 Å². The van der Waals surface area contributed by atoms with E-state index < -0.39 is 25.0 Å². The summed E-state index contributed by atoms with van der Waals surface area (Å²) in [6.07, 6.45) is 0. The average Bonchev–Trinajstić information content (AvgIpc) is 2.60. The van der Waals surface area contributed by atoms with Crippen molar-refractivity contribution >= 4 is 31.4 Å². The zero-order valence-corrected chi connectivity index (χ0v) is 15.0. The van der Waals surface area contributed by atoms with Gasteiger partial charge in [0.25, 0.3) is 15.7 Å². The molecule has 0 aromatic heterocycles. The third-order valence-corrected chi connectivity index (χ3v) is 6.09. The molecular formula is C14H16N4O6S2. The van der Waals surface area contributed by atoms with E-state index in [0.717, 1.165) is 24.3 Å². The van der Waals surface area contributed by atoms with Gasteiger partial charge in [-0.25, -0.2) is 21.6 Å². The van der Waals surface area contributed by atoms with Gasteiger partial charge in [-0.15, -0.1) is 0 Å². The van der Waals surface area contributed by atoms with Crippen molar-refractivity contribution in [2.45, 2.75) is 9.79 Å². The molecule has 0 aliphatic heterocycles. The summed E-state index contributed by atoms with van der Waals surface area (Å²) >= 11 is 0.